The molecule has 1 aromatic heterocycles. The van der Waals surface area contributed by atoms with Crippen LogP contribution in [0.4, 0.5) is 0 Å². The fourth-order valence-electron chi connectivity index (χ4n) is 2.70. The van der Waals surface area contributed by atoms with Gasteiger partial charge in [0, 0.05) is 22.1 Å². The first-order valence-corrected chi connectivity index (χ1v) is 8.26. The Hall–Kier alpha value is -2.26. The molecular weight excluding hydrogens is 322 g/mol. The summed E-state index contributed by atoms with van der Waals surface area (Å²) in [5.41, 5.74) is 2.70. The summed E-state index contributed by atoms with van der Waals surface area (Å²) in [6, 6.07) is 16.0. The van der Waals surface area contributed by atoms with Gasteiger partial charge in [-0.3, -0.25) is 4.79 Å². The summed E-state index contributed by atoms with van der Waals surface area (Å²) in [5, 5.41) is 1.80. The highest BCUT2D eigenvalue weighted by Gasteiger charge is 2.17. The van der Waals surface area contributed by atoms with Crippen molar-refractivity contribution in [2.45, 2.75) is 32.9 Å². The van der Waals surface area contributed by atoms with Gasteiger partial charge < -0.3 is 9.30 Å². The molecule has 0 unspecified atom stereocenters. The van der Waals surface area contributed by atoms with Crippen LogP contribution in [-0.4, -0.2) is 16.1 Å². The van der Waals surface area contributed by atoms with Gasteiger partial charge in [0.2, 0.25) is 0 Å². The van der Waals surface area contributed by atoms with Crippen molar-refractivity contribution >= 4 is 28.5 Å². The zero-order chi connectivity index (χ0) is 17.3. The highest BCUT2D eigenvalue weighted by Crippen LogP contribution is 2.27. The van der Waals surface area contributed by atoms with E-state index >= 15 is 0 Å². The molecular formula is C20H20ClNO2. The molecule has 1 heterocycles. The summed E-state index contributed by atoms with van der Waals surface area (Å²) in [5.74, 6) is -0.237. The highest BCUT2D eigenvalue weighted by molar-refractivity contribution is 6.30. The molecule has 0 aliphatic heterocycles. The van der Waals surface area contributed by atoms with Crippen molar-refractivity contribution in [3.05, 3.63) is 59.8 Å². The summed E-state index contributed by atoms with van der Waals surface area (Å²) < 4.78 is 7.30. The van der Waals surface area contributed by atoms with Crippen LogP contribution in [0.5, 0.6) is 0 Å². The topological polar surface area (TPSA) is 31.2 Å². The average Bonchev–Trinajstić information content (AvgIpc) is 2.87. The van der Waals surface area contributed by atoms with Gasteiger partial charge in [-0.15, -0.1) is 0 Å². The number of carbonyl (C=O) groups excluding carboxylic acids is 1. The summed E-state index contributed by atoms with van der Waals surface area (Å²) in [7, 11) is 0. The Bertz CT molecular complexity index is 890. The lowest BCUT2D eigenvalue weighted by molar-refractivity contribution is -0.155. The van der Waals surface area contributed by atoms with E-state index in [-0.39, 0.29) is 12.5 Å². The van der Waals surface area contributed by atoms with E-state index in [1.54, 1.807) is 0 Å². The lowest BCUT2D eigenvalue weighted by Gasteiger charge is -2.19. The number of carbonyl (C=O) groups is 1. The minimum atomic E-state index is -0.472. The molecule has 3 rings (SSSR count). The molecule has 0 fully saturated rings. The molecule has 4 heteroatoms. The third-order valence-corrected chi connectivity index (χ3v) is 3.88. The Morgan fingerprint density at radius 3 is 2.54 bits per heavy atom. The van der Waals surface area contributed by atoms with Gasteiger partial charge in [0.15, 0.2) is 0 Å². The Kier molecular flexibility index (Phi) is 4.37. The molecule has 3 aromatic rings. The largest absolute Gasteiger partial charge is 0.459 e. The van der Waals surface area contributed by atoms with Gasteiger partial charge in [-0.05, 0) is 62.2 Å². The van der Waals surface area contributed by atoms with Crippen molar-refractivity contribution in [1.29, 1.82) is 0 Å². The molecule has 124 valence electrons. The van der Waals surface area contributed by atoms with Crippen molar-refractivity contribution in [3.63, 3.8) is 0 Å². The van der Waals surface area contributed by atoms with E-state index in [0.717, 1.165) is 27.1 Å². The molecule has 0 N–H and O–H groups in total. The van der Waals surface area contributed by atoms with E-state index in [1.807, 2.05) is 74.0 Å². The van der Waals surface area contributed by atoms with Crippen LogP contribution in [0.15, 0.2) is 54.7 Å². The first-order valence-electron chi connectivity index (χ1n) is 7.88. The average molecular weight is 342 g/mol. The van der Waals surface area contributed by atoms with E-state index in [1.165, 1.54) is 0 Å². The van der Waals surface area contributed by atoms with Crippen LogP contribution in [0.3, 0.4) is 0 Å². The first-order chi connectivity index (χ1) is 11.3. The second-order valence-corrected chi connectivity index (χ2v) is 7.25. The number of fused-ring (bicyclic) bond motifs is 1. The number of benzene rings is 2. The standard InChI is InChI=1S/C20H20ClNO2/c1-20(2,3)24-19(23)13-22-10-9-16-11-15(7-8-18(16)22)14-5-4-6-17(21)12-14/h4-12H,13H2,1-3H3. The molecule has 0 saturated heterocycles. The van der Waals surface area contributed by atoms with Gasteiger partial charge >= 0.3 is 5.97 Å². The molecule has 3 nitrogen and oxygen atoms in total. The summed E-state index contributed by atoms with van der Waals surface area (Å²) in [6.07, 6.45) is 1.91. The van der Waals surface area contributed by atoms with E-state index in [0.29, 0.717) is 0 Å². The molecule has 0 radical (unpaired) electrons. The molecule has 0 aliphatic carbocycles. The van der Waals surface area contributed by atoms with Crippen LogP contribution in [0.25, 0.3) is 22.0 Å². The molecule has 0 bridgehead atoms. The van der Waals surface area contributed by atoms with Gasteiger partial charge in [-0.2, -0.15) is 0 Å². The monoisotopic (exact) mass is 341 g/mol. The second kappa shape index (κ2) is 6.33. The molecule has 0 saturated carbocycles. The Morgan fingerprint density at radius 1 is 1.08 bits per heavy atom. The molecule has 0 spiro atoms. The summed E-state index contributed by atoms with van der Waals surface area (Å²) in [4.78, 5) is 12.0. The van der Waals surface area contributed by atoms with Gasteiger partial charge in [0.25, 0.3) is 0 Å². The predicted molar refractivity (Wildman–Crippen MR) is 98.2 cm³/mol. The second-order valence-electron chi connectivity index (χ2n) is 6.81. The van der Waals surface area contributed by atoms with Crippen molar-refractivity contribution in [2.24, 2.45) is 0 Å². The lowest BCUT2D eigenvalue weighted by Crippen LogP contribution is -2.26. The third kappa shape index (κ3) is 3.80. The van der Waals surface area contributed by atoms with Crippen LogP contribution in [0.2, 0.25) is 5.02 Å². The SMILES string of the molecule is CC(C)(C)OC(=O)Cn1ccc2cc(-c3cccc(Cl)c3)ccc21. The normalized spacial score (nSPS) is 11.7. The van der Waals surface area contributed by atoms with Crippen LogP contribution in [0, 0.1) is 0 Å². The molecule has 0 aliphatic rings. The van der Waals surface area contributed by atoms with Crippen LogP contribution < -0.4 is 0 Å². The molecule has 24 heavy (non-hydrogen) atoms. The van der Waals surface area contributed by atoms with Crippen molar-refractivity contribution in [2.75, 3.05) is 0 Å². The van der Waals surface area contributed by atoms with Crippen molar-refractivity contribution in [3.8, 4) is 11.1 Å². The first kappa shape index (κ1) is 16.6. The van der Waals surface area contributed by atoms with E-state index < -0.39 is 5.60 Å². The molecule has 0 amide bonds. The number of hydrogen-bond acceptors (Lipinski definition) is 2. The zero-order valence-corrected chi connectivity index (χ0v) is 14.8. The Labute approximate surface area is 146 Å². The van der Waals surface area contributed by atoms with Gasteiger partial charge in [0.1, 0.15) is 12.1 Å². The fourth-order valence-corrected chi connectivity index (χ4v) is 2.89. The quantitative estimate of drug-likeness (QED) is 0.605. The Balaban J connectivity index is 1.87. The van der Waals surface area contributed by atoms with Crippen molar-refractivity contribution < 1.29 is 9.53 Å². The Morgan fingerprint density at radius 2 is 1.83 bits per heavy atom. The zero-order valence-electron chi connectivity index (χ0n) is 14.0. The number of aromatic nitrogens is 1. The van der Waals surface area contributed by atoms with Crippen LogP contribution >= 0.6 is 11.6 Å². The fraction of sp³-hybridized carbons (Fsp3) is 0.250. The maximum absolute atomic E-state index is 12.0. The highest BCUT2D eigenvalue weighted by atomic mass is 35.5. The minimum Gasteiger partial charge on any atom is -0.459 e. The van der Waals surface area contributed by atoms with Gasteiger partial charge in [-0.25, -0.2) is 0 Å². The van der Waals surface area contributed by atoms with E-state index in [2.05, 4.69) is 6.07 Å². The minimum absolute atomic E-state index is 0.206. The molecule has 2 aromatic carbocycles. The van der Waals surface area contributed by atoms with Gasteiger partial charge in [-0.1, -0.05) is 29.8 Å². The van der Waals surface area contributed by atoms with Gasteiger partial charge in [0.05, 0.1) is 0 Å². The number of rotatable bonds is 3. The van der Waals surface area contributed by atoms with Crippen molar-refractivity contribution in [1.82, 2.24) is 4.57 Å². The third-order valence-electron chi connectivity index (χ3n) is 3.65. The number of halogens is 1. The number of hydrogen-bond donors (Lipinski definition) is 0. The molecule has 0 atom stereocenters. The van der Waals surface area contributed by atoms with E-state index in [9.17, 15) is 4.79 Å². The number of ether oxygens (including phenoxy) is 1. The summed E-state index contributed by atoms with van der Waals surface area (Å²) >= 11 is 6.07. The number of esters is 1. The van der Waals surface area contributed by atoms with Crippen LogP contribution in [0.1, 0.15) is 20.8 Å². The maximum Gasteiger partial charge on any atom is 0.326 e. The lowest BCUT2D eigenvalue weighted by atomic mass is 10.0. The summed E-state index contributed by atoms with van der Waals surface area (Å²) in [6.45, 7) is 5.82. The predicted octanol–water partition coefficient (Wildman–Crippen LogP) is 5.30. The maximum atomic E-state index is 12.0. The number of nitrogens with zero attached hydrogens (tertiary/aromatic N) is 1. The van der Waals surface area contributed by atoms with Crippen LogP contribution in [-0.2, 0) is 16.1 Å². The smallest absolute Gasteiger partial charge is 0.326 e. The van der Waals surface area contributed by atoms with E-state index in [4.69, 9.17) is 16.3 Å².